The van der Waals surface area contributed by atoms with Crippen LogP contribution in [-0.4, -0.2) is 53.4 Å². The lowest BCUT2D eigenvalue weighted by atomic mass is 10.2. The van der Waals surface area contributed by atoms with Crippen molar-refractivity contribution in [1.82, 2.24) is 4.90 Å². The molecule has 1 rings (SSSR count). The van der Waals surface area contributed by atoms with Crippen LogP contribution in [-0.2, 0) is 14.3 Å². The van der Waals surface area contributed by atoms with Gasteiger partial charge in [0.1, 0.15) is 0 Å². The average Bonchev–Trinajstić information content (AvgIpc) is 2.14. The molecular weight excluding hydrogens is 231 g/mol. The Kier molecular flexibility index (Phi) is 3.41. The number of aliphatic carboxylic acids is 1. The number of carbonyl (C=O) groups excluding carboxylic acids is 1. The van der Waals surface area contributed by atoms with Crippen molar-refractivity contribution < 1.29 is 32.6 Å². The summed E-state index contributed by atoms with van der Waals surface area (Å²) in [5, 5.41) is 8.67. The Balaban J connectivity index is 2.87. The van der Waals surface area contributed by atoms with Crippen molar-refractivity contribution >= 4 is 11.9 Å². The topological polar surface area (TPSA) is 66.8 Å². The molecule has 0 aromatic heterocycles. The minimum Gasteiger partial charge on any atom is -0.480 e. The molecule has 2 atom stereocenters. The summed E-state index contributed by atoms with van der Waals surface area (Å²) >= 11 is 0. The van der Waals surface area contributed by atoms with Gasteiger partial charge in [0.2, 0.25) is 0 Å². The van der Waals surface area contributed by atoms with Gasteiger partial charge in [-0.25, -0.2) is 4.79 Å². The molecule has 0 aromatic rings. The number of nitrogens with zero attached hydrogens (tertiary/aromatic N) is 1. The molecule has 1 N–H and O–H groups in total. The normalized spacial score (nSPS) is 26.6. The van der Waals surface area contributed by atoms with Crippen LogP contribution in [0.25, 0.3) is 0 Å². The Labute approximate surface area is 88.8 Å². The number of alkyl halides is 3. The van der Waals surface area contributed by atoms with Gasteiger partial charge in [0.05, 0.1) is 12.7 Å². The summed E-state index contributed by atoms with van der Waals surface area (Å²) in [6.45, 7) is 0.655. The first-order valence-corrected chi connectivity index (χ1v) is 4.45. The number of rotatable bonds is 1. The average molecular weight is 241 g/mol. The predicted molar refractivity (Wildman–Crippen MR) is 44.6 cm³/mol. The fourth-order valence-corrected chi connectivity index (χ4v) is 1.39. The maximum atomic E-state index is 12.2. The maximum Gasteiger partial charge on any atom is 0.471 e. The van der Waals surface area contributed by atoms with Crippen LogP contribution >= 0.6 is 0 Å². The highest BCUT2D eigenvalue weighted by atomic mass is 19.4. The van der Waals surface area contributed by atoms with Gasteiger partial charge in [-0.3, -0.25) is 4.79 Å². The van der Waals surface area contributed by atoms with E-state index in [0.717, 1.165) is 0 Å². The highest BCUT2D eigenvalue weighted by Crippen LogP contribution is 2.22. The third-order valence-electron chi connectivity index (χ3n) is 2.16. The number of ether oxygens (including phenoxy) is 1. The molecule has 0 aromatic carbocycles. The first-order chi connectivity index (χ1) is 7.23. The zero-order valence-corrected chi connectivity index (χ0v) is 8.32. The number of amides is 1. The van der Waals surface area contributed by atoms with E-state index in [4.69, 9.17) is 9.84 Å². The van der Waals surface area contributed by atoms with E-state index < -0.39 is 36.8 Å². The number of hydrogen-bond donors (Lipinski definition) is 1. The van der Waals surface area contributed by atoms with Crippen LogP contribution in [0.2, 0.25) is 0 Å². The lowest BCUT2D eigenvalue weighted by molar-refractivity contribution is -0.198. The molecular formula is C8H10F3NO4. The molecule has 16 heavy (non-hydrogen) atoms. The van der Waals surface area contributed by atoms with Crippen molar-refractivity contribution in [3.63, 3.8) is 0 Å². The van der Waals surface area contributed by atoms with Crippen LogP contribution in [0.3, 0.4) is 0 Å². The molecule has 0 bridgehead atoms. The van der Waals surface area contributed by atoms with E-state index >= 15 is 0 Å². The predicted octanol–water partition coefficient (Wildman–Crippen LogP) is 0.249. The molecule has 0 unspecified atom stereocenters. The molecule has 1 fully saturated rings. The van der Waals surface area contributed by atoms with Gasteiger partial charge in [0.15, 0.2) is 6.04 Å². The van der Waals surface area contributed by atoms with Crippen molar-refractivity contribution in [2.45, 2.75) is 25.2 Å². The van der Waals surface area contributed by atoms with E-state index in [-0.39, 0.29) is 11.4 Å². The fourth-order valence-electron chi connectivity index (χ4n) is 1.39. The molecule has 0 aliphatic carbocycles. The van der Waals surface area contributed by atoms with Crippen molar-refractivity contribution in [3.05, 3.63) is 0 Å². The summed E-state index contributed by atoms with van der Waals surface area (Å²) in [4.78, 5) is 21.9. The number of halogens is 3. The SMILES string of the molecule is C[C@@H]1CN(C(=O)C(F)(F)F)[C@H](C(=O)O)CO1. The van der Waals surface area contributed by atoms with Crippen LogP contribution in [0, 0.1) is 0 Å². The molecule has 5 nitrogen and oxygen atoms in total. The summed E-state index contributed by atoms with van der Waals surface area (Å²) in [5.74, 6) is -3.65. The highest BCUT2D eigenvalue weighted by Gasteiger charge is 2.48. The van der Waals surface area contributed by atoms with Crippen LogP contribution in [0.1, 0.15) is 6.92 Å². The summed E-state index contributed by atoms with van der Waals surface area (Å²) in [7, 11) is 0. The van der Waals surface area contributed by atoms with Gasteiger partial charge in [-0.1, -0.05) is 0 Å². The van der Waals surface area contributed by atoms with Gasteiger partial charge in [-0.2, -0.15) is 13.2 Å². The van der Waals surface area contributed by atoms with E-state index in [9.17, 15) is 22.8 Å². The fraction of sp³-hybridized carbons (Fsp3) is 0.750. The zero-order chi connectivity index (χ0) is 12.5. The van der Waals surface area contributed by atoms with E-state index in [1.54, 1.807) is 0 Å². The van der Waals surface area contributed by atoms with Crippen molar-refractivity contribution in [1.29, 1.82) is 0 Å². The molecule has 0 saturated carbocycles. The summed E-state index contributed by atoms with van der Waals surface area (Å²) in [6, 6.07) is -1.58. The van der Waals surface area contributed by atoms with Crippen molar-refractivity contribution in [3.8, 4) is 0 Å². The van der Waals surface area contributed by atoms with Crippen molar-refractivity contribution in [2.24, 2.45) is 0 Å². The van der Waals surface area contributed by atoms with Gasteiger partial charge in [-0.05, 0) is 6.92 Å². The quantitative estimate of drug-likeness (QED) is 0.714. The Bertz CT molecular complexity index is 304. The van der Waals surface area contributed by atoms with E-state index in [1.807, 2.05) is 0 Å². The van der Waals surface area contributed by atoms with Gasteiger partial charge in [-0.15, -0.1) is 0 Å². The first-order valence-electron chi connectivity index (χ1n) is 4.45. The lowest BCUT2D eigenvalue weighted by Gasteiger charge is -2.36. The third-order valence-corrected chi connectivity index (χ3v) is 2.16. The molecule has 1 saturated heterocycles. The Morgan fingerprint density at radius 3 is 2.44 bits per heavy atom. The smallest absolute Gasteiger partial charge is 0.471 e. The molecule has 1 heterocycles. The minimum absolute atomic E-state index is 0.288. The molecule has 0 spiro atoms. The van der Waals surface area contributed by atoms with E-state index in [2.05, 4.69) is 0 Å². The van der Waals surface area contributed by atoms with Crippen LogP contribution < -0.4 is 0 Å². The summed E-state index contributed by atoms with van der Waals surface area (Å²) < 4.78 is 41.4. The molecule has 1 aliphatic heterocycles. The second-order valence-electron chi connectivity index (χ2n) is 3.45. The Morgan fingerprint density at radius 1 is 1.44 bits per heavy atom. The highest BCUT2D eigenvalue weighted by molar-refractivity contribution is 5.87. The van der Waals surface area contributed by atoms with Crippen LogP contribution in [0.15, 0.2) is 0 Å². The lowest BCUT2D eigenvalue weighted by Crippen LogP contribution is -2.58. The number of carboxylic acid groups (broad SMARTS) is 1. The van der Waals surface area contributed by atoms with Gasteiger partial charge in [0, 0.05) is 6.54 Å². The monoisotopic (exact) mass is 241 g/mol. The number of morpholine rings is 1. The number of hydrogen-bond acceptors (Lipinski definition) is 3. The summed E-state index contributed by atoms with van der Waals surface area (Å²) in [5.41, 5.74) is 0. The van der Waals surface area contributed by atoms with Crippen LogP contribution in [0.4, 0.5) is 13.2 Å². The van der Waals surface area contributed by atoms with E-state index in [1.165, 1.54) is 6.92 Å². The van der Waals surface area contributed by atoms with E-state index in [0.29, 0.717) is 0 Å². The third kappa shape index (κ3) is 2.63. The molecule has 1 aliphatic rings. The minimum atomic E-state index is -5.06. The molecule has 92 valence electrons. The molecule has 8 heteroatoms. The van der Waals surface area contributed by atoms with Gasteiger partial charge in [0.25, 0.3) is 0 Å². The first kappa shape index (κ1) is 12.8. The number of carbonyl (C=O) groups is 2. The largest absolute Gasteiger partial charge is 0.480 e. The zero-order valence-electron chi connectivity index (χ0n) is 8.32. The second kappa shape index (κ2) is 4.28. The Morgan fingerprint density at radius 2 is 2.00 bits per heavy atom. The number of carboxylic acids is 1. The molecule has 1 amide bonds. The molecule has 0 radical (unpaired) electrons. The van der Waals surface area contributed by atoms with Crippen molar-refractivity contribution in [2.75, 3.05) is 13.2 Å². The van der Waals surface area contributed by atoms with Crippen LogP contribution in [0.5, 0.6) is 0 Å². The Hall–Kier alpha value is -1.31. The summed E-state index contributed by atoms with van der Waals surface area (Å²) in [6.07, 6.45) is -5.67. The van der Waals surface area contributed by atoms with Gasteiger partial charge >= 0.3 is 18.1 Å². The van der Waals surface area contributed by atoms with Gasteiger partial charge < -0.3 is 14.7 Å². The maximum absolute atomic E-state index is 12.2. The standard InChI is InChI=1S/C8H10F3NO4/c1-4-2-12(7(15)8(9,10)11)5(3-16-4)6(13)14/h4-5H,2-3H2,1H3,(H,13,14)/t4-,5+/m1/s1. The second-order valence-corrected chi connectivity index (χ2v) is 3.45.